The molecule has 0 radical (unpaired) electrons. The first-order valence-corrected chi connectivity index (χ1v) is 22.2. The number of carbonyl (C=O) groups excluding carboxylic acids is 3. The summed E-state index contributed by atoms with van der Waals surface area (Å²) in [6, 6.07) is 0. The summed E-state index contributed by atoms with van der Waals surface area (Å²) in [5.74, 6) is 0.0562. The molecule has 2 heterocycles. The Labute approximate surface area is 329 Å². The van der Waals surface area contributed by atoms with E-state index in [0.717, 1.165) is 181 Å². The van der Waals surface area contributed by atoms with Crippen LogP contribution in [0.3, 0.4) is 0 Å². The molecule has 54 heavy (non-hydrogen) atoms. The molecule has 0 N–H and O–H groups in total. The first kappa shape index (κ1) is 47.6. The van der Waals surface area contributed by atoms with Gasteiger partial charge in [0.25, 0.3) is 0 Å². The van der Waals surface area contributed by atoms with Gasteiger partial charge in [-0.15, -0.1) is 0 Å². The number of cyclic esters (lactones) is 2. The van der Waals surface area contributed by atoms with Crippen LogP contribution in [-0.2, 0) is 33.3 Å². The van der Waals surface area contributed by atoms with E-state index in [2.05, 4.69) is 42.5 Å². The van der Waals surface area contributed by atoms with Crippen molar-refractivity contribution in [3.05, 3.63) is 29.3 Å². The monoisotopic (exact) mass is 756 g/mol. The number of hydrogen-bond donors (Lipinski definition) is 0. The lowest BCUT2D eigenvalue weighted by Crippen LogP contribution is -2.37. The van der Waals surface area contributed by atoms with Crippen molar-refractivity contribution in [2.24, 2.45) is 17.8 Å². The van der Waals surface area contributed by atoms with Crippen LogP contribution in [0.5, 0.6) is 0 Å². The zero-order valence-corrected chi connectivity index (χ0v) is 34.6. The van der Waals surface area contributed by atoms with E-state index >= 15 is 0 Å². The molecule has 2 fully saturated rings. The molecule has 0 saturated carbocycles. The molecule has 308 valence electrons. The Bertz CT molecular complexity index is 1080. The van der Waals surface area contributed by atoms with Crippen molar-refractivity contribution < 1.29 is 33.3 Å². The van der Waals surface area contributed by atoms with E-state index in [1.54, 1.807) is 0 Å². The van der Waals surface area contributed by atoms with Gasteiger partial charge in [-0.3, -0.25) is 19.3 Å². The van der Waals surface area contributed by atoms with Gasteiger partial charge >= 0.3 is 17.9 Å². The van der Waals surface area contributed by atoms with Crippen LogP contribution in [0.25, 0.3) is 0 Å². The van der Waals surface area contributed by atoms with Crippen molar-refractivity contribution in [3.8, 4) is 0 Å². The zero-order valence-electron chi connectivity index (χ0n) is 34.6. The average Bonchev–Trinajstić information content (AvgIpc) is 3.17. The normalized spacial score (nSPS) is 23.2. The highest BCUT2D eigenvalue weighted by Crippen LogP contribution is 2.33. The van der Waals surface area contributed by atoms with Crippen LogP contribution < -0.4 is 0 Å². The molecule has 0 bridgehead atoms. The summed E-state index contributed by atoms with van der Waals surface area (Å²) in [7, 11) is 0. The van der Waals surface area contributed by atoms with Gasteiger partial charge in [0.05, 0.1) is 39.0 Å². The summed E-state index contributed by atoms with van der Waals surface area (Å²) in [6.45, 7) is 13.8. The van der Waals surface area contributed by atoms with Gasteiger partial charge in [-0.25, -0.2) is 0 Å². The fourth-order valence-electron chi connectivity index (χ4n) is 7.78. The minimum Gasteiger partial charge on any atom is -0.466 e. The maximum Gasteiger partial charge on any atom is 0.308 e. The van der Waals surface area contributed by atoms with Crippen LogP contribution in [-0.4, -0.2) is 75.5 Å². The summed E-state index contributed by atoms with van der Waals surface area (Å²) in [5, 5.41) is 0. The van der Waals surface area contributed by atoms with Gasteiger partial charge in [-0.2, -0.15) is 0 Å². The van der Waals surface area contributed by atoms with Crippen LogP contribution in [0, 0.1) is 17.8 Å². The number of unbranched alkanes of at least 4 members (excludes halogenated alkanes) is 4. The van der Waals surface area contributed by atoms with Crippen molar-refractivity contribution in [2.45, 2.75) is 174 Å². The fraction of sp³-hybridized carbons (Fsp3) is 0.826. The summed E-state index contributed by atoms with van der Waals surface area (Å²) in [5.41, 5.74) is 10.4. The van der Waals surface area contributed by atoms with Gasteiger partial charge in [0.15, 0.2) is 0 Å². The van der Waals surface area contributed by atoms with Gasteiger partial charge in [0, 0.05) is 32.5 Å². The number of morpholine rings is 1. The number of esters is 3. The van der Waals surface area contributed by atoms with Crippen LogP contribution in [0.2, 0.25) is 0 Å². The molecule has 2 rings (SSSR count). The van der Waals surface area contributed by atoms with Gasteiger partial charge in [0.1, 0.15) is 0 Å². The Hall–Kier alpha value is -2.59. The second-order valence-corrected chi connectivity index (χ2v) is 15.6. The molecular weight excluding hydrogens is 679 g/mol. The van der Waals surface area contributed by atoms with E-state index in [-0.39, 0.29) is 35.7 Å². The second kappa shape index (κ2) is 32.6. The lowest BCUT2D eigenvalue weighted by Gasteiger charge is -2.26. The van der Waals surface area contributed by atoms with E-state index in [4.69, 9.17) is 18.9 Å². The van der Waals surface area contributed by atoms with Crippen molar-refractivity contribution in [3.63, 3.8) is 0 Å². The van der Waals surface area contributed by atoms with Crippen molar-refractivity contribution in [1.82, 2.24) is 4.90 Å². The summed E-state index contributed by atoms with van der Waals surface area (Å²) in [6.07, 6.45) is 23.5. The maximum absolute atomic E-state index is 13.1. The molecule has 2 saturated heterocycles. The van der Waals surface area contributed by atoms with E-state index in [1.807, 2.05) is 0 Å². The second-order valence-electron chi connectivity index (χ2n) is 15.6. The number of rotatable bonds is 13. The maximum atomic E-state index is 13.1. The molecule has 2 aliphatic heterocycles. The Morgan fingerprint density at radius 1 is 0.704 bits per heavy atom. The van der Waals surface area contributed by atoms with Crippen LogP contribution in [0.1, 0.15) is 174 Å². The van der Waals surface area contributed by atoms with Gasteiger partial charge in [-0.1, -0.05) is 115 Å². The third kappa shape index (κ3) is 23.4. The smallest absolute Gasteiger partial charge is 0.308 e. The number of ether oxygens (including phenoxy) is 4. The first-order chi connectivity index (χ1) is 26.5. The molecule has 2 aliphatic rings. The molecule has 8 heteroatoms. The SMILES string of the molecule is C=C=C=C=C1C(CCCCC)CCOC(=O)CCCCCCCC(C(=O)OCCCN2CCOCC2)CCCCCCCC(=O)OCCC1CCCCC. The molecule has 0 amide bonds. The Morgan fingerprint density at radius 2 is 1.22 bits per heavy atom. The van der Waals surface area contributed by atoms with Crippen LogP contribution >= 0.6 is 0 Å². The quantitative estimate of drug-likeness (QED) is 0.0794. The standard InChI is InChI=1S/C46H77NO7/c1-4-7-16-23-40-30-36-52-44(48)28-20-14-10-12-18-25-42(46(50)54-35-22-32-47-33-38-51-39-34-47)26-19-13-11-15-21-29-45(49)53-37-31-41(24-17-8-5-2)43(40)27-9-6-3/h40-42H,3-5,7-8,10-26,28-39H2,1-2H3. The first-order valence-electron chi connectivity index (χ1n) is 22.2. The summed E-state index contributed by atoms with van der Waals surface area (Å²) in [4.78, 5) is 41.0. The minimum absolute atomic E-state index is 0.0494. The van der Waals surface area contributed by atoms with E-state index in [9.17, 15) is 14.4 Å². The number of nitrogens with zero attached hydrogens (tertiary/aromatic N) is 1. The van der Waals surface area contributed by atoms with Gasteiger partial charge in [0.2, 0.25) is 0 Å². The van der Waals surface area contributed by atoms with E-state index in [1.165, 1.54) is 5.57 Å². The average molecular weight is 756 g/mol. The van der Waals surface area contributed by atoms with Crippen molar-refractivity contribution in [1.29, 1.82) is 0 Å². The molecule has 0 aliphatic carbocycles. The van der Waals surface area contributed by atoms with E-state index < -0.39 is 0 Å². The van der Waals surface area contributed by atoms with Crippen LogP contribution in [0.4, 0.5) is 0 Å². The molecular formula is C46H77NO7. The summed E-state index contributed by atoms with van der Waals surface area (Å²) >= 11 is 0. The lowest BCUT2D eigenvalue weighted by molar-refractivity contribution is -0.149. The largest absolute Gasteiger partial charge is 0.466 e. The van der Waals surface area contributed by atoms with E-state index in [0.29, 0.717) is 32.7 Å². The highest BCUT2D eigenvalue weighted by Gasteiger charge is 2.24. The van der Waals surface area contributed by atoms with Crippen LogP contribution in [0.15, 0.2) is 29.3 Å². The fourth-order valence-corrected chi connectivity index (χ4v) is 7.78. The van der Waals surface area contributed by atoms with Crippen molar-refractivity contribution >= 4 is 17.9 Å². The van der Waals surface area contributed by atoms with Crippen molar-refractivity contribution in [2.75, 3.05) is 52.7 Å². The molecule has 0 aromatic heterocycles. The molecule has 8 nitrogen and oxygen atoms in total. The molecule has 2 unspecified atom stereocenters. The third-order valence-corrected chi connectivity index (χ3v) is 11.1. The lowest BCUT2D eigenvalue weighted by atomic mass is 9.79. The molecule has 2 atom stereocenters. The highest BCUT2D eigenvalue weighted by molar-refractivity contribution is 5.72. The molecule has 0 aromatic carbocycles. The molecule has 0 spiro atoms. The Morgan fingerprint density at radius 3 is 1.74 bits per heavy atom. The summed E-state index contributed by atoms with van der Waals surface area (Å²) < 4.78 is 22.8. The predicted octanol–water partition coefficient (Wildman–Crippen LogP) is 10.6. The Balaban J connectivity index is 2.02. The number of allylic oxidation sites excluding steroid dienone is 1. The predicted molar refractivity (Wildman–Crippen MR) is 217 cm³/mol. The zero-order chi connectivity index (χ0) is 38.9. The number of hydrogen-bond acceptors (Lipinski definition) is 8. The minimum atomic E-state index is -0.126. The number of carbonyl (C=O) groups is 3. The van der Waals surface area contributed by atoms with Gasteiger partial charge in [-0.05, 0) is 87.5 Å². The molecule has 0 aromatic rings. The topological polar surface area (TPSA) is 91.4 Å². The third-order valence-electron chi connectivity index (χ3n) is 11.1. The highest BCUT2D eigenvalue weighted by atomic mass is 16.5. The van der Waals surface area contributed by atoms with Gasteiger partial charge < -0.3 is 18.9 Å². The Kier molecular flexibility index (Phi) is 28.7.